The van der Waals surface area contributed by atoms with Gasteiger partial charge in [0.2, 0.25) is 5.91 Å². The third-order valence-electron chi connectivity index (χ3n) is 3.98. The first-order chi connectivity index (χ1) is 9.13. The van der Waals surface area contributed by atoms with E-state index in [1.807, 2.05) is 0 Å². The summed E-state index contributed by atoms with van der Waals surface area (Å²) in [7, 11) is 0. The van der Waals surface area contributed by atoms with Gasteiger partial charge in [-0.3, -0.25) is 9.59 Å². The molecule has 1 rings (SSSR count). The van der Waals surface area contributed by atoms with Gasteiger partial charge in [0.15, 0.2) is 0 Å². The van der Waals surface area contributed by atoms with Crippen LogP contribution in [0.5, 0.6) is 0 Å². The molecule has 1 aliphatic carbocycles. The van der Waals surface area contributed by atoms with E-state index in [4.69, 9.17) is 5.11 Å². The zero-order valence-electron chi connectivity index (χ0n) is 12.0. The molecular weight excluding hydrogens is 242 g/mol. The highest BCUT2D eigenvalue weighted by molar-refractivity contribution is 5.76. The second kappa shape index (κ2) is 8.94. The molecule has 1 unspecified atom stereocenters. The van der Waals surface area contributed by atoms with E-state index in [2.05, 4.69) is 12.2 Å². The van der Waals surface area contributed by atoms with E-state index < -0.39 is 5.97 Å². The van der Waals surface area contributed by atoms with Crippen LogP contribution in [0.2, 0.25) is 0 Å². The van der Waals surface area contributed by atoms with E-state index in [9.17, 15) is 9.59 Å². The van der Waals surface area contributed by atoms with Gasteiger partial charge >= 0.3 is 5.97 Å². The van der Waals surface area contributed by atoms with Crippen molar-refractivity contribution < 1.29 is 14.7 Å². The lowest BCUT2D eigenvalue weighted by atomic mass is 9.78. The summed E-state index contributed by atoms with van der Waals surface area (Å²) in [6.45, 7) is 2.17. The summed E-state index contributed by atoms with van der Waals surface area (Å²) in [4.78, 5) is 22.2. The van der Waals surface area contributed by atoms with Gasteiger partial charge in [0, 0.05) is 18.9 Å². The van der Waals surface area contributed by atoms with Crippen molar-refractivity contribution in [1.82, 2.24) is 5.32 Å². The largest absolute Gasteiger partial charge is 0.481 e. The number of hydrogen-bond acceptors (Lipinski definition) is 2. The van der Waals surface area contributed by atoms with Gasteiger partial charge in [-0.05, 0) is 38.0 Å². The van der Waals surface area contributed by atoms with Crippen LogP contribution in [0, 0.1) is 5.92 Å². The molecule has 0 aromatic heterocycles. The van der Waals surface area contributed by atoms with Gasteiger partial charge in [-0.2, -0.15) is 0 Å². The quantitative estimate of drug-likeness (QED) is 0.599. The lowest BCUT2D eigenvalue weighted by molar-refractivity contribution is -0.137. The van der Waals surface area contributed by atoms with Gasteiger partial charge in [-0.25, -0.2) is 0 Å². The van der Waals surface area contributed by atoms with Crippen LogP contribution in [0.15, 0.2) is 0 Å². The Labute approximate surface area is 116 Å². The van der Waals surface area contributed by atoms with Crippen molar-refractivity contribution in [3.8, 4) is 0 Å². The fourth-order valence-electron chi connectivity index (χ4n) is 2.53. The van der Waals surface area contributed by atoms with Crippen molar-refractivity contribution in [3.05, 3.63) is 0 Å². The molecule has 0 aromatic rings. The summed E-state index contributed by atoms with van der Waals surface area (Å²) in [6.07, 6.45) is 9.08. The molecule has 4 heteroatoms. The number of hydrogen-bond donors (Lipinski definition) is 2. The molecule has 0 heterocycles. The van der Waals surface area contributed by atoms with Gasteiger partial charge in [-0.1, -0.05) is 26.2 Å². The summed E-state index contributed by atoms with van der Waals surface area (Å²) in [5.41, 5.74) is 0. The van der Waals surface area contributed by atoms with Crippen molar-refractivity contribution in [2.75, 3.05) is 0 Å². The van der Waals surface area contributed by atoms with Crippen LogP contribution in [0.25, 0.3) is 0 Å². The molecule has 2 N–H and O–H groups in total. The van der Waals surface area contributed by atoms with Crippen molar-refractivity contribution in [2.45, 2.75) is 77.2 Å². The normalized spacial score (nSPS) is 16.7. The van der Waals surface area contributed by atoms with Crippen molar-refractivity contribution in [3.63, 3.8) is 0 Å². The summed E-state index contributed by atoms with van der Waals surface area (Å²) >= 11 is 0. The molecule has 0 bridgehead atoms. The van der Waals surface area contributed by atoms with Crippen LogP contribution in [0.3, 0.4) is 0 Å². The SMILES string of the molecule is CCCCC(NC(=O)CCCCC(=O)O)C1CCC1. The molecule has 1 fully saturated rings. The fraction of sp³-hybridized carbons (Fsp3) is 0.867. The number of carbonyl (C=O) groups is 2. The Morgan fingerprint density at radius 3 is 2.42 bits per heavy atom. The van der Waals surface area contributed by atoms with Gasteiger partial charge in [0.25, 0.3) is 0 Å². The van der Waals surface area contributed by atoms with E-state index >= 15 is 0 Å². The van der Waals surface area contributed by atoms with Gasteiger partial charge in [0.1, 0.15) is 0 Å². The highest BCUT2D eigenvalue weighted by Crippen LogP contribution is 2.31. The Morgan fingerprint density at radius 1 is 1.21 bits per heavy atom. The molecular formula is C15H27NO3. The maximum atomic E-state index is 11.8. The molecule has 0 radical (unpaired) electrons. The first-order valence-corrected chi connectivity index (χ1v) is 7.64. The van der Waals surface area contributed by atoms with Gasteiger partial charge < -0.3 is 10.4 Å². The molecule has 1 saturated carbocycles. The zero-order valence-corrected chi connectivity index (χ0v) is 12.0. The van der Waals surface area contributed by atoms with Crippen molar-refractivity contribution in [2.24, 2.45) is 5.92 Å². The topological polar surface area (TPSA) is 66.4 Å². The molecule has 4 nitrogen and oxygen atoms in total. The molecule has 0 spiro atoms. The van der Waals surface area contributed by atoms with Crippen LogP contribution >= 0.6 is 0 Å². The predicted octanol–water partition coefficient (Wildman–Crippen LogP) is 3.11. The number of amides is 1. The molecule has 1 atom stereocenters. The van der Waals surface area contributed by atoms with Crippen LogP contribution in [0.1, 0.15) is 71.1 Å². The second-order valence-corrected chi connectivity index (χ2v) is 5.61. The Hall–Kier alpha value is -1.06. The van der Waals surface area contributed by atoms with Gasteiger partial charge in [-0.15, -0.1) is 0 Å². The molecule has 0 aliphatic heterocycles. The van der Waals surface area contributed by atoms with E-state index in [-0.39, 0.29) is 12.3 Å². The molecule has 1 aliphatic rings. The van der Waals surface area contributed by atoms with E-state index in [1.165, 1.54) is 25.7 Å². The highest BCUT2D eigenvalue weighted by Gasteiger charge is 2.27. The minimum Gasteiger partial charge on any atom is -0.481 e. The maximum Gasteiger partial charge on any atom is 0.303 e. The monoisotopic (exact) mass is 269 g/mol. The average molecular weight is 269 g/mol. The first kappa shape index (κ1) is 16.0. The highest BCUT2D eigenvalue weighted by atomic mass is 16.4. The molecule has 1 amide bonds. The molecule has 0 saturated heterocycles. The summed E-state index contributed by atoms with van der Waals surface area (Å²) < 4.78 is 0. The molecule has 19 heavy (non-hydrogen) atoms. The third-order valence-corrected chi connectivity index (χ3v) is 3.98. The van der Waals surface area contributed by atoms with Gasteiger partial charge in [0.05, 0.1) is 0 Å². The predicted molar refractivity (Wildman–Crippen MR) is 74.9 cm³/mol. The number of rotatable bonds is 10. The smallest absolute Gasteiger partial charge is 0.303 e. The molecule has 110 valence electrons. The maximum absolute atomic E-state index is 11.8. The number of aliphatic carboxylic acids is 1. The average Bonchev–Trinajstić information content (AvgIpc) is 2.29. The lowest BCUT2D eigenvalue weighted by Crippen LogP contribution is -2.42. The minimum absolute atomic E-state index is 0.0957. The molecule has 0 aromatic carbocycles. The number of carboxylic acid groups (broad SMARTS) is 1. The number of nitrogens with one attached hydrogen (secondary N) is 1. The Balaban J connectivity index is 2.20. The fourth-order valence-corrected chi connectivity index (χ4v) is 2.53. The van der Waals surface area contributed by atoms with Crippen LogP contribution in [-0.4, -0.2) is 23.0 Å². The Bertz CT molecular complexity index is 287. The standard InChI is InChI=1S/C15H27NO3/c1-2-3-9-13(12-7-6-8-12)16-14(17)10-4-5-11-15(18)19/h12-13H,2-11H2,1H3,(H,16,17)(H,18,19). The van der Waals surface area contributed by atoms with Crippen LogP contribution < -0.4 is 5.32 Å². The zero-order chi connectivity index (χ0) is 14.1. The Morgan fingerprint density at radius 2 is 1.89 bits per heavy atom. The number of carbonyl (C=O) groups excluding carboxylic acids is 1. The van der Waals surface area contributed by atoms with E-state index in [0.717, 1.165) is 12.8 Å². The van der Waals surface area contributed by atoms with Crippen molar-refractivity contribution in [1.29, 1.82) is 0 Å². The number of unbranched alkanes of at least 4 members (excludes halogenated alkanes) is 2. The Kier molecular flexibility index (Phi) is 7.53. The third kappa shape index (κ3) is 6.60. The summed E-state index contributed by atoms with van der Waals surface area (Å²) in [5, 5.41) is 11.7. The second-order valence-electron chi connectivity index (χ2n) is 5.61. The van der Waals surface area contributed by atoms with E-state index in [0.29, 0.717) is 31.2 Å². The summed E-state index contributed by atoms with van der Waals surface area (Å²) in [5.74, 6) is -0.0105. The number of carboxylic acids is 1. The lowest BCUT2D eigenvalue weighted by Gasteiger charge is -2.34. The van der Waals surface area contributed by atoms with Crippen LogP contribution in [-0.2, 0) is 9.59 Å². The van der Waals surface area contributed by atoms with E-state index in [1.54, 1.807) is 0 Å². The minimum atomic E-state index is -0.782. The van der Waals surface area contributed by atoms with Crippen LogP contribution in [0.4, 0.5) is 0 Å². The van der Waals surface area contributed by atoms with Crippen molar-refractivity contribution >= 4 is 11.9 Å². The summed E-state index contributed by atoms with van der Waals surface area (Å²) in [6, 6.07) is 0.348. The first-order valence-electron chi connectivity index (χ1n) is 7.64.